The van der Waals surface area contributed by atoms with Crippen LogP contribution in [-0.2, 0) is 16.1 Å². The highest BCUT2D eigenvalue weighted by atomic mass is 19.1. The first-order valence-corrected chi connectivity index (χ1v) is 21.5. The number of nitrogens with two attached hydrogens (primary N) is 1. The van der Waals surface area contributed by atoms with E-state index in [1.165, 1.54) is 30.5 Å². The van der Waals surface area contributed by atoms with Crippen LogP contribution in [0.5, 0.6) is 5.75 Å². The summed E-state index contributed by atoms with van der Waals surface area (Å²) in [6.45, 7) is 6.51. The molecule has 4 aromatic carbocycles. The van der Waals surface area contributed by atoms with E-state index in [0.717, 1.165) is 80.1 Å². The van der Waals surface area contributed by atoms with Gasteiger partial charge in [-0.2, -0.15) is 5.10 Å². The number of halogens is 1. The lowest BCUT2D eigenvalue weighted by atomic mass is 9.97. The lowest BCUT2D eigenvalue weighted by Crippen LogP contribution is -2.55. The number of imide groups is 1. The lowest BCUT2D eigenvalue weighted by molar-refractivity contribution is -0.139. The first-order valence-electron chi connectivity index (χ1n) is 21.5. The minimum Gasteiger partial charge on any atom is -0.496 e. The van der Waals surface area contributed by atoms with Gasteiger partial charge in [-0.15, -0.1) is 0 Å². The number of carbonyl (C=O) groups is 4. The van der Waals surface area contributed by atoms with Gasteiger partial charge in [-0.25, -0.2) is 19.0 Å². The van der Waals surface area contributed by atoms with Crippen molar-refractivity contribution >= 4 is 51.9 Å². The average molecular weight is 880 g/mol. The van der Waals surface area contributed by atoms with Crippen LogP contribution in [0.15, 0.2) is 91.3 Å². The summed E-state index contributed by atoms with van der Waals surface area (Å²) in [7, 11) is 1.43. The molecule has 2 unspecified atom stereocenters. The fourth-order valence-corrected chi connectivity index (χ4v) is 9.34. The van der Waals surface area contributed by atoms with E-state index in [9.17, 15) is 28.7 Å². The van der Waals surface area contributed by atoms with Gasteiger partial charge in [-0.1, -0.05) is 30.3 Å². The summed E-state index contributed by atoms with van der Waals surface area (Å²) in [5.41, 5.74) is 13.1. The Hall–Kier alpha value is -7.44. The Morgan fingerprint density at radius 3 is 2.38 bits per heavy atom. The summed E-state index contributed by atoms with van der Waals surface area (Å²) in [5.74, 6) is -1.23. The second-order valence-corrected chi connectivity index (χ2v) is 16.8. The number of piperidine rings is 1. The number of amides is 4. The van der Waals surface area contributed by atoms with Gasteiger partial charge in [-0.05, 0) is 66.6 Å². The van der Waals surface area contributed by atoms with Gasteiger partial charge in [-0.3, -0.25) is 34.3 Å². The number of ether oxygens (including phenoxy) is 1. The van der Waals surface area contributed by atoms with Crippen LogP contribution in [0.4, 0.5) is 21.6 Å². The van der Waals surface area contributed by atoms with Crippen molar-refractivity contribution in [1.29, 1.82) is 0 Å². The van der Waals surface area contributed by atoms with Crippen molar-refractivity contribution in [2.24, 2.45) is 5.92 Å². The van der Waals surface area contributed by atoms with Gasteiger partial charge in [0.05, 0.1) is 23.7 Å². The Labute approximate surface area is 372 Å². The number of hydrogen-bond acceptors (Lipinski definition) is 13. The number of nitrogens with zero attached hydrogens (tertiary/aromatic N) is 8. The molecule has 4 amide bonds. The number of benzene rings is 4. The minimum absolute atomic E-state index is 0.115. The van der Waals surface area contributed by atoms with Crippen molar-refractivity contribution in [2.45, 2.75) is 31.7 Å². The normalized spacial score (nSPS) is 19.1. The van der Waals surface area contributed by atoms with Crippen LogP contribution in [-0.4, -0.2) is 117 Å². The Balaban J connectivity index is 0.738. The molecule has 3 fully saturated rings. The Morgan fingerprint density at radius 2 is 1.65 bits per heavy atom. The van der Waals surface area contributed by atoms with E-state index >= 15 is 0 Å². The van der Waals surface area contributed by atoms with Crippen LogP contribution in [0.1, 0.15) is 50.9 Å². The molecule has 0 aliphatic carbocycles. The van der Waals surface area contributed by atoms with Crippen LogP contribution >= 0.6 is 0 Å². The standard InChI is InChI=1S/C47H46FN11O6/c1-65-38-14-6-30(48)20-36(38)44(61)50-22-27-2-4-29(5-3-27)41-40-42(49)51-26-52-43(40)59(54-41)32-9-7-31(8-10-32)56-18-16-55(17-19-56)23-28-24-57(25-28)33-11-12-34-35(21-33)47(64)58(46(34)63)37-13-15-39(60)53-45(37)62/h2-12,14,20-21,26,28,37,46,63H,13,15-19,22-25H2,1H3,(H,50,61)(H2,49,51,52)(H,53,60,62). The molecular formula is C47H46FN11O6. The van der Waals surface area contributed by atoms with E-state index in [-0.39, 0.29) is 36.6 Å². The Morgan fingerprint density at radius 1 is 0.908 bits per heavy atom. The number of anilines is 3. The summed E-state index contributed by atoms with van der Waals surface area (Å²) >= 11 is 0. The van der Waals surface area contributed by atoms with Crippen LogP contribution < -0.4 is 30.9 Å². The molecular weight excluding hydrogens is 834 g/mol. The predicted octanol–water partition coefficient (Wildman–Crippen LogP) is 3.65. The van der Waals surface area contributed by atoms with Crippen molar-refractivity contribution in [2.75, 3.05) is 68.5 Å². The first kappa shape index (κ1) is 41.6. The third kappa shape index (κ3) is 7.84. The molecule has 4 aliphatic heterocycles. The molecule has 17 nitrogen and oxygen atoms in total. The molecule has 6 aromatic rings. The van der Waals surface area contributed by atoms with E-state index in [2.05, 4.69) is 47.4 Å². The molecule has 4 aliphatic rings. The summed E-state index contributed by atoms with van der Waals surface area (Å²) in [5, 5.41) is 21.7. The Bertz CT molecular complexity index is 2840. The number of carbonyl (C=O) groups excluding carboxylic acids is 4. The molecule has 6 heterocycles. The van der Waals surface area contributed by atoms with Gasteiger partial charge < -0.3 is 30.7 Å². The van der Waals surface area contributed by atoms with Crippen molar-refractivity contribution in [3.05, 3.63) is 119 Å². The van der Waals surface area contributed by atoms with Crippen LogP contribution in [0.3, 0.4) is 0 Å². The van der Waals surface area contributed by atoms with E-state index < -0.39 is 35.8 Å². The number of fused-ring (bicyclic) bond motifs is 2. The third-order valence-corrected chi connectivity index (χ3v) is 12.8. The third-order valence-electron chi connectivity index (χ3n) is 12.8. The minimum atomic E-state index is -1.23. The molecule has 0 saturated carbocycles. The Kier molecular flexibility index (Phi) is 10.8. The van der Waals surface area contributed by atoms with Gasteiger partial charge in [0.15, 0.2) is 11.9 Å². The molecule has 3 saturated heterocycles. The number of aliphatic hydroxyl groups is 1. The summed E-state index contributed by atoms with van der Waals surface area (Å²) < 4.78 is 20.8. The van der Waals surface area contributed by atoms with Crippen molar-refractivity contribution < 1.29 is 33.4 Å². The molecule has 0 radical (unpaired) electrons. The number of aromatic nitrogens is 4. The van der Waals surface area contributed by atoms with Crippen molar-refractivity contribution in [3.63, 3.8) is 0 Å². The highest BCUT2D eigenvalue weighted by Crippen LogP contribution is 2.39. The monoisotopic (exact) mass is 879 g/mol. The fraction of sp³-hybridized carbons (Fsp3) is 0.298. The highest BCUT2D eigenvalue weighted by Gasteiger charge is 2.45. The largest absolute Gasteiger partial charge is 0.496 e. The van der Waals surface area contributed by atoms with Crippen LogP contribution in [0.25, 0.3) is 28.0 Å². The zero-order valence-corrected chi connectivity index (χ0v) is 35.5. The topological polar surface area (TPSA) is 204 Å². The predicted molar refractivity (Wildman–Crippen MR) is 239 cm³/mol. The zero-order valence-electron chi connectivity index (χ0n) is 35.5. The van der Waals surface area contributed by atoms with E-state index in [1.807, 2.05) is 48.5 Å². The smallest absolute Gasteiger partial charge is 0.257 e. The van der Waals surface area contributed by atoms with Gasteiger partial charge in [0.25, 0.3) is 11.8 Å². The number of hydrogen-bond donors (Lipinski definition) is 4. The maximum atomic E-state index is 13.9. The van der Waals surface area contributed by atoms with Crippen LogP contribution in [0, 0.1) is 11.7 Å². The molecule has 10 rings (SSSR count). The fourth-order valence-electron chi connectivity index (χ4n) is 9.34. The first-order chi connectivity index (χ1) is 31.5. The highest BCUT2D eigenvalue weighted by molar-refractivity contribution is 6.06. The molecule has 332 valence electrons. The van der Waals surface area contributed by atoms with E-state index in [1.54, 1.807) is 10.7 Å². The summed E-state index contributed by atoms with van der Waals surface area (Å²) in [6, 6.07) is 24.2. The second-order valence-electron chi connectivity index (χ2n) is 16.8. The van der Waals surface area contributed by atoms with Crippen LogP contribution in [0.2, 0.25) is 0 Å². The van der Waals surface area contributed by atoms with Gasteiger partial charge in [0.1, 0.15) is 35.4 Å². The maximum absolute atomic E-state index is 13.9. The maximum Gasteiger partial charge on any atom is 0.257 e. The molecule has 0 spiro atoms. The van der Waals surface area contributed by atoms with Crippen molar-refractivity contribution in [3.8, 4) is 22.7 Å². The van der Waals surface area contributed by atoms with E-state index in [4.69, 9.17) is 15.6 Å². The average Bonchev–Trinajstić information content (AvgIpc) is 3.82. The van der Waals surface area contributed by atoms with Gasteiger partial charge >= 0.3 is 0 Å². The molecule has 2 atom stereocenters. The van der Waals surface area contributed by atoms with Crippen molar-refractivity contribution in [1.82, 2.24) is 40.2 Å². The molecule has 2 aromatic heterocycles. The number of rotatable bonds is 11. The molecule has 65 heavy (non-hydrogen) atoms. The number of aliphatic hydroxyl groups excluding tert-OH is 1. The second kappa shape index (κ2) is 16.9. The quantitative estimate of drug-likeness (QED) is 0.138. The molecule has 18 heteroatoms. The SMILES string of the molecule is COc1ccc(F)cc1C(=O)NCc1ccc(-c2nn(-c3ccc(N4CCN(CC5CN(c6ccc7c(c6)C(=O)N(C6CCC(=O)NC6=O)C7O)C5)CC4)cc3)c3ncnc(N)c23)cc1. The molecule has 0 bridgehead atoms. The number of methoxy groups -OCH3 is 1. The number of piperazine rings is 1. The van der Waals surface area contributed by atoms with Gasteiger partial charge in [0.2, 0.25) is 11.8 Å². The number of nitrogens with one attached hydrogen (secondary N) is 2. The number of nitrogen functional groups attached to an aromatic ring is 1. The summed E-state index contributed by atoms with van der Waals surface area (Å²) in [6.07, 6.45) is 0.504. The molecule has 5 N–H and O–H groups in total. The van der Waals surface area contributed by atoms with Gasteiger partial charge in [0, 0.05) is 92.8 Å². The summed E-state index contributed by atoms with van der Waals surface area (Å²) in [4.78, 5) is 67.5. The zero-order chi connectivity index (χ0) is 44.9. The lowest BCUT2D eigenvalue weighted by Gasteiger charge is -2.45. The van der Waals surface area contributed by atoms with E-state index in [0.29, 0.717) is 39.6 Å².